The zero-order valence-corrected chi connectivity index (χ0v) is 15.6. The third kappa shape index (κ3) is 4.13. The topological polar surface area (TPSA) is 96.6 Å². The van der Waals surface area contributed by atoms with E-state index in [0.29, 0.717) is 5.52 Å². The molecule has 0 saturated carbocycles. The fraction of sp³-hybridized carbons (Fsp3) is 0.316. The van der Waals surface area contributed by atoms with Crippen molar-refractivity contribution >= 4 is 21.1 Å². The average Bonchev–Trinajstić information content (AvgIpc) is 3.03. The maximum absolute atomic E-state index is 12.7. The van der Waals surface area contributed by atoms with Gasteiger partial charge in [-0.1, -0.05) is 30.3 Å². The van der Waals surface area contributed by atoms with Crippen molar-refractivity contribution in [2.75, 3.05) is 13.1 Å². The summed E-state index contributed by atoms with van der Waals surface area (Å²) < 4.78 is 33.1. The van der Waals surface area contributed by atoms with Crippen molar-refractivity contribution in [3.63, 3.8) is 0 Å². The fourth-order valence-electron chi connectivity index (χ4n) is 3.59. The number of hydrogen-bond donors (Lipinski definition) is 3. The van der Waals surface area contributed by atoms with Crippen LogP contribution in [0.3, 0.4) is 0 Å². The molecule has 0 atom stereocenters. The molecule has 4 rings (SSSR count). The van der Waals surface area contributed by atoms with Gasteiger partial charge < -0.3 is 9.32 Å². The summed E-state index contributed by atoms with van der Waals surface area (Å²) in [6.07, 6.45) is 1.59. The van der Waals surface area contributed by atoms with Crippen LogP contribution in [0.4, 0.5) is 0 Å². The lowest BCUT2D eigenvalue weighted by Crippen LogP contribution is -3.12. The molecule has 0 unspecified atom stereocenters. The summed E-state index contributed by atoms with van der Waals surface area (Å²) in [6.45, 7) is 2.81. The molecule has 1 fully saturated rings. The Balaban J connectivity index is 1.39. The normalized spacial score (nSPS) is 20.7. The van der Waals surface area contributed by atoms with Crippen LogP contribution in [0.5, 0.6) is 0 Å². The van der Waals surface area contributed by atoms with Crippen molar-refractivity contribution in [3.05, 3.63) is 64.6 Å². The maximum atomic E-state index is 12.7. The van der Waals surface area contributed by atoms with Crippen molar-refractivity contribution in [1.82, 2.24) is 9.71 Å². The molecule has 8 heteroatoms. The van der Waals surface area contributed by atoms with Crippen LogP contribution in [-0.4, -0.2) is 32.5 Å². The minimum absolute atomic E-state index is 0.0801. The molecule has 1 aliphatic rings. The van der Waals surface area contributed by atoms with E-state index in [9.17, 15) is 13.2 Å². The Morgan fingerprint density at radius 2 is 1.85 bits per heavy atom. The minimum atomic E-state index is -3.65. The van der Waals surface area contributed by atoms with E-state index in [1.165, 1.54) is 22.6 Å². The van der Waals surface area contributed by atoms with Gasteiger partial charge in [0.2, 0.25) is 10.0 Å². The van der Waals surface area contributed by atoms with Gasteiger partial charge in [0.05, 0.1) is 23.5 Å². The number of benzene rings is 2. The second-order valence-corrected chi connectivity index (χ2v) is 8.69. The second kappa shape index (κ2) is 7.30. The quantitative estimate of drug-likeness (QED) is 0.598. The highest BCUT2D eigenvalue weighted by molar-refractivity contribution is 7.89. The molecular formula is C19H22N3O4S+. The lowest BCUT2D eigenvalue weighted by atomic mass is 10.1. The van der Waals surface area contributed by atoms with Gasteiger partial charge in [0.1, 0.15) is 6.54 Å². The number of sulfonamides is 1. The lowest BCUT2D eigenvalue weighted by Gasteiger charge is -2.29. The summed E-state index contributed by atoms with van der Waals surface area (Å²) >= 11 is 0. The van der Waals surface area contributed by atoms with Gasteiger partial charge in [-0.2, -0.15) is 0 Å². The highest BCUT2D eigenvalue weighted by Crippen LogP contribution is 2.17. The van der Waals surface area contributed by atoms with Crippen molar-refractivity contribution in [2.45, 2.75) is 30.3 Å². The number of oxazole rings is 1. The predicted molar refractivity (Wildman–Crippen MR) is 101 cm³/mol. The van der Waals surface area contributed by atoms with Crippen LogP contribution in [0.2, 0.25) is 0 Å². The SMILES string of the molecule is O=c1[nH]c2ccc(S(=O)(=O)NC3CC[NH+](Cc4ccccc4)CC3)cc2o1. The number of nitrogens with one attached hydrogen (secondary N) is 3. The van der Waals surface area contributed by atoms with Crippen molar-refractivity contribution < 1.29 is 17.7 Å². The van der Waals surface area contributed by atoms with Crippen molar-refractivity contribution in [3.8, 4) is 0 Å². The number of likely N-dealkylation sites (tertiary alicyclic amines) is 1. The van der Waals surface area contributed by atoms with Gasteiger partial charge in [-0.25, -0.2) is 17.9 Å². The van der Waals surface area contributed by atoms with Gasteiger partial charge in [0, 0.05) is 30.5 Å². The molecule has 142 valence electrons. The molecule has 1 aliphatic heterocycles. The first kappa shape index (κ1) is 18.0. The van der Waals surface area contributed by atoms with Crippen LogP contribution in [0.25, 0.3) is 11.1 Å². The Labute approximate surface area is 157 Å². The fourth-order valence-corrected chi connectivity index (χ4v) is 4.91. The number of aromatic amines is 1. The summed E-state index contributed by atoms with van der Waals surface area (Å²) in [5.74, 6) is -0.596. The zero-order valence-electron chi connectivity index (χ0n) is 14.8. The van der Waals surface area contributed by atoms with Gasteiger partial charge in [-0.05, 0) is 12.1 Å². The molecule has 2 heterocycles. The molecule has 3 aromatic rings. The largest absolute Gasteiger partial charge is 0.417 e. The Kier molecular flexibility index (Phi) is 4.86. The molecule has 3 N–H and O–H groups in total. The molecule has 7 nitrogen and oxygen atoms in total. The zero-order chi connectivity index (χ0) is 18.9. The summed E-state index contributed by atoms with van der Waals surface area (Å²) in [5.41, 5.74) is 2.02. The summed E-state index contributed by atoms with van der Waals surface area (Å²) in [4.78, 5) is 15.3. The Hall–Kier alpha value is -2.42. The highest BCUT2D eigenvalue weighted by Gasteiger charge is 2.27. The number of fused-ring (bicyclic) bond motifs is 1. The van der Waals surface area contributed by atoms with Gasteiger partial charge in [-0.15, -0.1) is 0 Å². The Morgan fingerprint density at radius 3 is 2.59 bits per heavy atom. The van der Waals surface area contributed by atoms with Crippen LogP contribution in [0, 0.1) is 0 Å². The molecule has 27 heavy (non-hydrogen) atoms. The molecule has 1 aromatic heterocycles. The van der Waals surface area contributed by atoms with E-state index in [-0.39, 0.29) is 16.5 Å². The van der Waals surface area contributed by atoms with Crippen molar-refractivity contribution in [2.24, 2.45) is 0 Å². The van der Waals surface area contributed by atoms with Gasteiger partial charge in [0.25, 0.3) is 0 Å². The Bertz CT molecular complexity index is 1080. The van der Waals surface area contributed by atoms with E-state index in [0.717, 1.165) is 32.5 Å². The molecule has 0 radical (unpaired) electrons. The first-order valence-corrected chi connectivity index (χ1v) is 10.5. The summed E-state index contributed by atoms with van der Waals surface area (Å²) in [5, 5.41) is 0. The summed E-state index contributed by atoms with van der Waals surface area (Å²) in [7, 11) is -3.65. The van der Waals surface area contributed by atoms with E-state index in [1.54, 1.807) is 6.07 Å². The molecule has 0 spiro atoms. The number of H-pyrrole nitrogens is 1. The molecule has 1 saturated heterocycles. The maximum Gasteiger partial charge on any atom is 0.417 e. The van der Waals surface area contributed by atoms with Gasteiger partial charge in [-0.3, -0.25) is 4.98 Å². The standard InChI is InChI=1S/C19H21N3O4S/c23-19-20-17-7-6-16(12-18(17)26-19)27(24,25)21-15-8-10-22(11-9-15)13-14-4-2-1-3-5-14/h1-7,12,15,21H,8-11,13H2,(H,20,23)/p+1. The first-order valence-electron chi connectivity index (χ1n) is 9.02. The predicted octanol–water partition coefficient (Wildman–Crippen LogP) is 0.647. The van der Waals surface area contributed by atoms with E-state index < -0.39 is 15.8 Å². The van der Waals surface area contributed by atoms with Crippen molar-refractivity contribution in [1.29, 1.82) is 0 Å². The van der Waals surface area contributed by atoms with Gasteiger partial charge >= 0.3 is 5.76 Å². The number of rotatable bonds is 5. The van der Waals surface area contributed by atoms with Crippen LogP contribution in [-0.2, 0) is 16.6 Å². The summed E-state index contributed by atoms with van der Waals surface area (Å²) in [6, 6.07) is 14.7. The average molecular weight is 388 g/mol. The van der Waals surface area contributed by atoms with E-state index in [4.69, 9.17) is 4.42 Å². The first-order chi connectivity index (χ1) is 13.0. The monoisotopic (exact) mass is 388 g/mol. The minimum Gasteiger partial charge on any atom is -0.408 e. The second-order valence-electron chi connectivity index (χ2n) is 6.98. The molecule has 0 amide bonds. The molecule has 0 bridgehead atoms. The van der Waals surface area contributed by atoms with E-state index in [1.807, 2.05) is 18.2 Å². The smallest absolute Gasteiger partial charge is 0.408 e. The van der Waals surface area contributed by atoms with Crippen LogP contribution >= 0.6 is 0 Å². The van der Waals surface area contributed by atoms with Crippen LogP contribution in [0.15, 0.2) is 62.6 Å². The third-order valence-corrected chi connectivity index (χ3v) is 6.53. The molecular weight excluding hydrogens is 366 g/mol. The van der Waals surface area contributed by atoms with Gasteiger partial charge in [0.15, 0.2) is 5.58 Å². The van der Waals surface area contributed by atoms with Crippen LogP contribution in [0.1, 0.15) is 18.4 Å². The third-order valence-electron chi connectivity index (χ3n) is 5.01. The number of hydrogen-bond acceptors (Lipinski definition) is 4. The highest BCUT2D eigenvalue weighted by atomic mass is 32.2. The van der Waals surface area contributed by atoms with E-state index in [2.05, 4.69) is 21.8 Å². The molecule has 0 aliphatic carbocycles. The van der Waals surface area contributed by atoms with E-state index >= 15 is 0 Å². The lowest BCUT2D eigenvalue weighted by molar-refractivity contribution is -0.918. The van der Waals surface area contributed by atoms with Crippen LogP contribution < -0.4 is 15.4 Å². The number of quaternary nitrogens is 1. The Morgan fingerprint density at radius 1 is 1.11 bits per heavy atom. The number of piperidine rings is 1. The molecule has 2 aromatic carbocycles. The number of aromatic nitrogens is 1.